The van der Waals surface area contributed by atoms with Crippen LogP contribution in [0.4, 0.5) is 14.5 Å². The van der Waals surface area contributed by atoms with Gasteiger partial charge in [0.25, 0.3) is 0 Å². The molecule has 0 bridgehead atoms. The first kappa shape index (κ1) is 13.2. The summed E-state index contributed by atoms with van der Waals surface area (Å²) in [5, 5.41) is 18.8. The first-order valence-corrected chi connectivity index (χ1v) is 4.52. The summed E-state index contributed by atoms with van der Waals surface area (Å²) in [7, 11) is 0. The Balaban J connectivity index is 3.19. The zero-order valence-corrected chi connectivity index (χ0v) is 8.87. The van der Waals surface area contributed by atoms with E-state index >= 15 is 0 Å². The predicted octanol–water partition coefficient (Wildman–Crippen LogP) is 1.00. The van der Waals surface area contributed by atoms with Crippen LogP contribution in [0.15, 0.2) is 17.2 Å². The number of nitrogens with one attached hydrogen (secondary N) is 2. The van der Waals surface area contributed by atoms with Crippen molar-refractivity contribution in [3.8, 4) is 6.07 Å². The first-order valence-electron chi connectivity index (χ1n) is 4.52. The third-order valence-corrected chi connectivity index (χ3v) is 1.89. The van der Waals surface area contributed by atoms with Gasteiger partial charge in [-0.3, -0.25) is 15.6 Å². The van der Waals surface area contributed by atoms with Crippen molar-refractivity contribution in [1.29, 1.82) is 10.7 Å². The standard InChI is InChI=1S/C10H7F2N5O/c11-6-2-1-5(4-18)9(8(6)12)17-16-7(3-13)10(14)15/h1-2,4,17H,(H3,14,15)/b16-7+. The summed E-state index contributed by atoms with van der Waals surface area (Å²) in [6, 6.07) is 3.30. The van der Waals surface area contributed by atoms with Crippen molar-refractivity contribution in [2.24, 2.45) is 10.8 Å². The molecule has 18 heavy (non-hydrogen) atoms. The molecule has 1 aromatic carbocycles. The maximum Gasteiger partial charge on any atom is 0.201 e. The van der Waals surface area contributed by atoms with Crippen LogP contribution in [0.3, 0.4) is 0 Å². The second kappa shape index (κ2) is 5.49. The fraction of sp³-hybridized carbons (Fsp3) is 0. The number of nitrogens with zero attached hydrogens (tertiary/aromatic N) is 2. The number of hydrazone groups is 1. The Bertz CT molecular complexity index is 576. The minimum atomic E-state index is -1.32. The molecular weight excluding hydrogens is 244 g/mol. The van der Waals surface area contributed by atoms with Crippen LogP contribution in [0.5, 0.6) is 0 Å². The molecule has 4 N–H and O–H groups in total. The number of nitrogens with two attached hydrogens (primary N) is 1. The van der Waals surface area contributed by atoms with E-state index in [1.54, 1.807) is 0 Å². The van der Waals surface area contributed by atoms with E-state index in [2.05, 4.69) is 5.10 Å². The third-order valence-electron chi connectivity index (χ3n) is 1.89. The van der Waals surface area contributed by atoms with Gasteiger partial charge in [-0.05, 0) is 12.1 Å². The van der Waals surface area contributed by atoms with Crippen molar-refractivity contribution >= 4 is 23.5 Å². The molecule has 0 aromatic heterocycles. The van der Waals surface area contributed by atoms with Gasteiger partial charge in [-0.2, -0.15) is 10.4 Å². The van der Waals surface area contributed by atoms with Crippen LogP contribution >= 0.6 is 0 Å². The second-order valence-corrected chi connectivity index (χ2v) is 3.04. The molecule has 0 spiro atoms. The van der Waals surface area contributed by atoms with Gasteiger partial charge in [-0.25, -0.2) is 8.78 Å². The van der Waals surface area contributed by atoms with Crippen molar-refractivity contribution in [1.82, 2.24) is 0 Å². The largest absolute Gasteiger partial charge is 0.382 e. The van der Waals surface area contributed by atoms with Gasteiger partial charge in [0.2, 0.25) is 5.71 Å². The van der Waals surface area contributed by atoms with E-state index in [0.29, 0.717) is 6.29 Å². The highest BCUT2D eigenvalue weighted by atomic mass is 19.2. The number of hydrogen-bond donors (Lipinski definition) is 3. The van der Waals surface area contributed by atoms with Crippen LogP contribution < -0.4 is 11.2 Å². The average Bonchev–Trinajstić information content (AvgIpc) is 2.34. The number of nitriles is 1. The SMILES string of the molecule is N#C/C(=N\Nc1c(C=O)ccc(F)c1F)C(=N)N. The van der Waals surface area contributed by atoms with Gasteiger partial charge >= 0.3 is 0 Å². The minimum absolute atomic E-state index is 0.182. The molecule has 0 aliphatic rings. The summed E-state index contributed by atoms with van der Waals surface area (Å²) in [5.41, 5.74) is 5.78. The van der Waals surface area contributed by atoms with E-state index in [1.807, 2.05) is 5.43 Å². The second-order valence-electron chi connectivity index (χ2n) is 3.04. The van der Waals surface area contributed by atoms with Crippen molar-refractivity contribution in [3.63, 3.8) is 0 Å². The van der Waals surface area contributed by atoms with E-state index in [9.17, 15) is 13.6 Å². The van der Waals surface area contributed by atoms with Crippen molar-refractivity contribution in [2.75, 3.05) is 5.43 Å². The lowest BCUT2D eigenvalue weighted by Gasteiger charge is -2.06. The molecule has 0 amide bonds. The number of amidine groups is 1. The highest BCUT2D eigenvalue weighted by Gasteiger charge is 2.13. The molecule has 92 valence electrons. The van der Waals surface area contributed by atoms with Gasteiger partial charge in [-0.15, -0.1) is 0 Å². The number of hydrogen-bond acceptors (Lipinski definition) is 5. The average molecular weight is 251 g/mol. The van der Waals surface area contributed by atoms with Crippen LogP contribution in [0.25, 0.3) is 0 Å². The van der Waals surface area contributed by atoms with Crippen molar-refractivity contribution in [3.05, 3.63) is 29.3 Å². The number of carbonyl (C=O) groups is 1. The number of benzene rings is 1. The lowest BCUT2D eigenvalue weighted by atomic mass is 10.2. The smallest absolute Gasteiger partial charge is 0.201 e. The Hall–Kier alpha value is -2.82. The van der Waals surface area contributed by atoms with E-state index in [4.69, 9.17) is 16.4 Å². The number of rotatable bonds is 4. The highest BCUT2D eigenvalue weighted by molar-refractivity contribution is 6.45. The van der Waals surface area contributed by atoms with Crippen molar-refractivity contribution < 1.29 is 13.6 Å². The van der Waals surface area contributed by atoms with Gasteiger partial charge in [0.05, 0.1) is 0 Å². The van der Waals surface area contributed by atoms with Gasteiger partial charge in [0.1, 0.15) is 11.8 Å². The lowest BCUT2D eigenvalue weighted by molar-refractivity contribution is 0.112. The Labute approximate surface area is 100 Å². The van der Waals surface area contributed by atoms with Crippen LogP contribution in [-0.4, -0.2) is 17.8 Å². The molecule has 1 rings (SSSR count). The number of anilines is 1. The normalized spacial score (nSPS) is 10.6. The van der Waals surface area contributed by atoms with Gasteiger partial charge < -0.3 is 5.73 Å². The summed E-state index contributed by atoms with van der Waals surface area (Å²) in [6.07, 6.45) is 0.292. The van der Waals surface area contributed by atoms with Crippen LogP contribution in [0.1, 0.15) is 10.4 Å². The Morgan fingerprint density at radius 2 is 2.22 bits per heavy atom. The van der Waals surface area contributed by atoms with E-state index in [0.717, 1.165) is 12.1 Å². The molecular formula is C10H7F2N5O. The highest BCUT2D eigenvalue weighted by Crippen LogP contribution is 2.21. The zero-order chi connectivity index (χ0) is 13.7. The predicted molar refractivity (Wildman–Crippen MR) is 60.3 cm³/mol. The number of halogens is 2. The number of aldehydes is 1. The lowest BCUT2D eigenvalue weighted by Crippen LogP contribution is -2.22. The van der Waals surface area contributed by atoms with Gasteiger partial charge in [0, 0.05) is 5.56 Å². The van der Waals surface area contributed by atoms with Crippen LogP contribution in [0.2, 0.25) is 0 Å². The molecule has 0 saturated heterocycles. The Kier molecular flexibility index (Phi) is 4.04. The van der Waals surface area contributed by atoms with E-state index in [-0.39, 0.29) is 5.56 Å². The fourth-order valence-corrected chi connectivity index (χ4v) is 1.03. The molecule has 0 unspecified atom stereocenters. The first-order chi connectivity index (χ1) is 8.51. The van der Waals surface area contributed by atoms with Crippen LogP contribution in [0, 0.1) is 28.4 Å². The van der Waals surface area contributed by atoms with Gasteiger partial charge in [-0.1, -0.05) is 0 Å². The summed E-state index contributed by atoms with van der Waals surface area (Å²) in [6.45, 7) is 0. The maximum atomic E-state index is 13.4. The molecule has 0 aliphatic carbocycles. The molecule has 0 atom stereocenters. The minimum Gasteiger partial charge on any atom is -0.382 e. The van der Waals surface area contributed by atoms with E-state index in [1.165, 1.54) is 6.07 Å². The summed E-state index contributed by atoms with van der Waals surface area (Å²) in [5.74, 6) is -3.14. The van der Waals surface area contributed by atoms with Crippen molar-refractivity contribution in [2.45, 2.75) is 0 Å². The molecule has 0 aliphatic heterocycles. The molecule has 0 fully saturated rings. The Morgan fingerprint density at radius 1 is 1.56 bits per heavy atom. The number of carbonyl (C=O) groups excluding carboxylic acids is 1. The maximum absolute atomic E-state index is 13.4. The summed E-state index contributed by atoms with van der Waals surface area (Å²) >= 11 is 0. The monoisotopic (exact) mass is 251 g/mol. The molecule has 8 heteroatoms. The summed E-state index contributed by atoms with van der Waals surface area (Å²) < 4.78 is 26.3. The zero-order valence-electron chi connectivity index (χ0n) is 8.87. The molecule has 0 saturated carbocycles. The molecule has 0 radical (unpaired) electrons. The fourth-order valence-electron chi connectivity index (χ4n) is 1.03. The Morgan fingerprint density at radius 3 is 2.72 bits per heavy atom. The van der Waals surface area contributed by atoms with Crippen LogP contribution in [-0.2, 0) is 0 Å². The van der Waals surface area contributed by atoms with Gasteiger partial charge in [0.15, 0.2) is 23.8 Å². The summed E-state index contributed by atoms with van der Waals surface area (Å²) in [4.78, 5) is 10.6. The third kappa shape index (κ3) is 2.65. The van der Waals surface area contributed by atoms with E-state index < -0.39 is 28.9 Å². The molecule has 6 nitrogen and oxygen atoms in total. The molecule has 1 aromatic rings. The topological polar surface area (TPSA) is 115 Å². The quantitative estimate of drug-likeness (QED) is 0.320. The molecule has 0 heterocycles.